The van der Waals surface area contributed by atoms with Crippen LogP contribution in [0.5, 0.6) is 0 Å². The summed E-state index contributed by atoms with van der Waals surface area (Å²) in [6, 6.07) is 37.3. The summed E-state index contributed by atoms with van der Waals surface area (Å²) in [6.07, 6.45) is 7.65. The summed E-state index contributed by atoms with van der Waals surface area (Å²) in [5, 5.41) is 5.48. The van der Waals surface area contributed by atoms with E-state index >= 15 is 0 Å². The number of fused-ring (bicyclic) bond motifs is 3. The molecular formula is C44H50Cl2Zr-2. The van der Waals surface area contributed by atoms with E-state index in [0.717, 1.165) is 0 Å². The zero-order valence-corrected chi connectivity index (χ0v) is 33.8. The number of benzene rings is 4. The number of rotatable bonds is 2. The monoisotopic (exact) mass is 738 g/mol. The Bertz CT molecular complexity index is 1690. The molecule has 246 valence electrons. The topological polar surface area (TPSA) is 0 Å². The molecule has 0 N–H and O–H groups in total. The second-order valence-electron chi connectivity index (χ2n) is 15.3. The molecule has 0 heterocycles. The van der Waals surface area contributed by atoms with Crippen molar-refractivity contribution in [3.8, 4) is 0 Å². The minimum atomic E-state index is 0. The SMILES string of the molecule is CC(C)(C)c1ccc2c(c1)[cH-]c1cc(C(C)(C)C)ccc12.CC1[C-]=CC(C(C)(C)C)=C1.[Cl-].[Cl-].[Zr+2]=[C](c1ccccc1)c1ccccc1. The first-order valence-electron chi connectivity index (χ1n) is 16.2. The van der Waals surface area contributed by atoms with Gasteiger partial charge >= 0.3 is 99.2 Å². The fourth-order valence-electron chi connectivity index (χ4n) is 5.39. The molecule has 0 aliphatic heterocycles. The zero-order valence-electron chi connectivity index (χ0n) is 29.8. The van der Waals surface area contributed by atoms with Gasteiger partial charge in [0, 0.05) is 0 Å². The number of halogens is 2. The van der Waals surface area contributed by atoms with Crippen molar-refractivity contribution in [3.05, 3.63) is 149 Å². The molecule has 1 aliphatic rings. The predicted molar refractivity (Wildman–Crippen MR) is 195 cm³/mol. The van der Waals surface area contributed by atoms with E-state index in [4.69, 9.17) is 0 Å². The van der Waals surface area contributed by atoms with Gasteiger partial charge in [0.15, 0.2) is 0 Å². The number of allylic oxidation sites excluding steroid dienone is 4. The molecule has 0 aromatic heterocycles. The van der Waals surface area contributed by atoms with Crippen molar-refractivity contribution in [2.45, 2.75) is 80.1 Å². The standard InChI is InChI=1S/C21H25.C13H10.C10H15.2ClH.Zr/c1-20(2,3)16-7-9-18-14(12-16)11-15-13-17(21(4,5)6)8-10-19(15)18;1-3-7-12(8-4-1)11-13-9-5-2-6-10-13;1-8-5-6-9(7-8)10(2,3)4;;;/h7-13H,1-6H3;1-10H;6-8H,1-4H3;2*1H;/q-1;;-1;;;+2/p-2. The van der Waals surface area contributed by atoms with E-state index in [2.05, 4.69) is 191 Å². The van der Waals surface area contributed by atoms with Crippen LogP contribution in [-0.2, 0) is 35.1 Å². The maximum atomic E-state index is 3.26. The number of hydrogen-bond donors (Lipinski definition) is 0. The van der Waals surface area contributed by atoms with E-state index < -0.39 is 0 Å². The Morgan fingerprint density at radius 1 is 0.596 bits per heavy atom. The summed E-state index contributed by atoms with van der Waals surface area (Å²) in [6.45, 7) is 22.5. The van der Waals surface area contributed by atoms with Crippen molar-refractivity contribution in [3.63, 3.8) is 0 Å². The molecule has 0 radical (unpaired) electrons. The van der Waals surface area contributed by atoms with E-state index in [-0.39, 0.29) is 35.6 Å². The first kappa shape index (κ1) is 40.7. The Morgan fingerprint density at radius 2 is 1.00 bits per heavy atom. The van der Waals surface area contributed by atoms with Crippen LogP contribution in [0.1, 0.15) is 91.5 Å². The van der Waals surface area contributed by atoms with Crippen LogP contribution in [-0.4, -0.2) is 3.21 Å². The molecule has 0 amide bonds. The third-order valence-electron chi connectivity index (χ3n) is 8.36. The van der Waals surface area contributed by atoms with Gasteiger partial charge in [0.1, 0.15) is 0 Å². The molecule has 0 spiro atoms. The molecule has 5 aromatic carbocycles. The van der Waals surface area contributed by atoms with E-state index in [1.165, 1.54) is 76.8 Å². The van der Waals surface area contributed by atoms with Crippen molar-refractivity contribution in [1.29, 1.82) is 0 Å². The molecule has 0 fully saturated rings. The summed E-state index contributed by atoms with van der Waals surface area (Å²) < 4.78 is 1.42. The molecule has 47 heavy (non-hydrogen) atoms. The van der Waals surface area contributed by atoms with Crippen LogP contribution in [0.3, 0.4) is 0 Å². The molecule has 0 nitrogen and oxygen atoms in total. The molecule has 3 heteroatoms. The predicted octanol–water partition coefficient (Wildman–Crippen LogP) is 6.09. The molecule has 5 aromatic rings. The third-order valence-corrected chi connectivity index (χ3v) is 9.78. The normalized spacial score (nSPS) is 14.2. The van der Waals surface area contributed by atoms with Crippen LogP contribution < -0.4 is 24.8 Å². The van der Waals surface area contributed by atoms with Gasteiger partial charge in [0.05, 0.1) is 0 Å². The molecule has 0 bridgehead atoms. The van der Waals surface area contributed by atoms with Crippen LogP contribution in [0.15, 0.2) is 121 Å². The van der Waals surface area contributed by atoms with Gasteiger partial charge in [0.2, 0.25) is 0 Å². The zero-order chi connectivity index (χ0) is 33.0. The van der Waals surface area contributed by atoms with Gasteiger partial charge in [0.25, 0.3) is 0 Å². The first-order chi connectivity index (χ1) is 21.0. The van der Waals surface area contributed by atoms with Gasteiger partial charge < -0.3 is 24.8 Å². The quantitative estimate of drug-likeness (QED) is 0.193. The summed E-state index contributed by atoms with van der Waals surface area (Å²) in [5.41, 5.74) is 7.59. The molecule has 1 unspecified atom stereocenters. The Labute approximate surface area is 312 Å². The van der Waals surface area contributed by atoms with Crippen molar-refractivity contribution in [2.24, 2.45) is 11.3 Å². The Balaban J connectivity index is 0.000000258. The Morgan fingerprint density at radius 3 is 1.30 bits per heavy atom. The molecule has 6 rings (SSSR count). The molecule has 1 atom stereocenters. The summed E-state index contributed by atoms with van der Waals surface area (Å²) in [5.74, 6) is 0.522. The van der Waals surface area contributed by atoms with Crippen molar-refractivity contribution >= 4 is 24.8 Å². The first-order valence-corrected chi connectivity index (χ1v) is 17.4. The van der Waals surface area contributed by atoms with Crippen LogP contribution in [0.25, 0.3) is 21.5 Å². The molecule has 0 saturated carbocycles. The average Bonchev–Trinajstić information content (AvgIpc) is 3.60. The van der Waals surface area contributed by atoms with Gasteiger partial charge in [-0.25, -0.2) is 6.08 Å². The molecular weight excluding hydrogens is 691 g/mol. The summed E-state index contributed by atoms with van der Waals surface area (Å²) >= 11 is 1.46. The summed E-state index contributed by atoms with van der Waals surface area (Å²) in [7, 11) is 0. The average molecular weight is 741 g/mol. The second kappa shape index (κ2) is 16.8. The van der Waals surface area contributed by atoms with E-state index in [0.29, 0.717) is 11.3 Å². The molecule has 1 aliphatic carbocycles. The van der Waals surface area contributed by atoms with E-state index in [1.807, 2.05) is 0 Å². The van der Waals surface area contributed by atoms with Gasteiger partial charge in [-0.3, -0.25) is 6.08 Å². The minimum absolute atomic E-state index is 0. The van der Waals surface area contributed by atoms with Crippen molar-refractivity contribution < 1.29 is 49.0 Å². The van der Waals surface area contributed by atoms with Gasteiger partial charge in [-0.1, -0.05) is 116 Å². The van der Waals surface area contributed by atoms with Crippen LogP contribution in [0, 0.1) is 17.4 Å². The maximum absolute atomic E-state index is 3.26. The second-order valence-corrected chi connectivity index (χ2v) is 16.6. The Hall–Kier alpha value is -2.44. The van der Waals surface area contributed by atoms with Crippen LogP contribution in [0.2, 0.25) is 0 Å². The van der Waals surface area contributed by atoms with Crippen molar-refractivity contribution in [2.75, 3.05) is 0 Å². The van der Waals surface area contributed by atoms with E-state index in [9.17, 15) is 0 Å². The summed E-state index contributed by atoms with van der Waals surface area (Å²) in [4.78, 5) is 0. The van der Waals surface area contributed by atoms with Gasteiger partial charge in [-0.15, -0.1) is 39.7 Å². The number of hydrogen-bond acceptors (Lipinski definition) is 0. The van der Waals surface area contributed by atoms with Gasteiger partial charge in [-0.05, 0) is 10.8 Å². The van der Waals surface area contributed by atoms with Crippen LogP contribution in [0.4, 0.5) is 0 Å². The van der Waals surface area contributed by atoms with Crippen LogP contribution >= 0.6 is 0 Å². The fourth-order valence-corrected chi connectivity index (χ4v) is 6.20. The Kier molecular flexibility index (Phi) is 14.6. The van der Waals surface area contributed by atoms with E-state index in [1.54, 1.807) is 0 Å². The third kappa shape index (κ3) is 11.0. The fraction of sp³-hybridized carbons (Fsp3) is 0.318. The molecule has 0 saturated heterocycles. The van der Waals surface area contributed by atoms with Gasteiger partial charge in [-0.2, -0.15) is 11.6 Å². The van der Waals surface area contributed by atoms with Crippen molar-refractivity contribution in [1.82, 2.24) is 0 Å².